The van der Waals surface area contributed by atoms with Crippen molar-refractivity contribution in [2.24, 2.45) is 5.41 Å². The second-order valence-corrected chi connectivity index (χ2v) is 6.35. The van der Waals surface area contributed by atoms with Crippen molar-refractivity contribution < 1.29 is 0 Å². The zero-order chi connectivity index (χ0) is 11.3. The van der Waals surface area contributed by atoms with E-state index in [1.165, 1.54) is 31.2 Å². The first kappa shape index (κ1) is 10.7. The van der Waals surface area contributed by atoms with Gasteiger partial charge >= 0.3 is 0 Å². The van der Waals surface area contributed by atoms with Gasteiger partial charge in [-0.25, -0.2) is 0 Å². The second-order valence-electron chi connectivity index (χ2n) is 5.95. The van der Waals surface area contributed by atoms with E-state index in [2.05, 4.69) is 32.0 Å². The smallest absolute Gasteiger partial charge is 0.0443 e. The van der Waals surface area contributed by atoms with Crippen LogP contribution in [-0.4, -0.2) is 0 Å². The van der Waals surface area contributed by atoms with E-state index in [4.69, 9.17) is 11.6 Å². The molecule has 1 aromatic rings. The Bertz CT molecular complexity index is 423. The molecule has 86 valence electrons. The number of fused-ring (bicyclic) bond motifs is 3. The van der Waals surface area contributed by atoms with E-state index >= 15 is 0 Å². The molecule has 1 heteroatoms. The molecular weight excluding hydrogens is 216 g/mol. The summed E-state index contributed by atoms with van der Waals surface area (Å²) in [4.78, 5) is 0. The van der Waals surface area contributed by atoms with Crippen molar-refractivity contribution in [1.29, 1.82) is 0 Å². The minimum absolute atomic E-state index is 0.539. The lowest BCUT2D eigenvalue weighted by atomic mass is 9.63. The van der Waals surface area contributed by atoms with Crippen molar-refractivity contribution in [2.75, 3.05) is 0 Å². The molecule has 0 spiro atoms. The molecule has 0 nitrogen and oxygen atoms in total. The number of benzene rings is 1. The van der Waals surface area contributed by atoms with Crippen LogP contribution >= 0.6 is 11.6 Å². The Balaban J connectivity index is 2.18. The van der Waals surface area contributed by atoms with E-state index in [1.54, 1.807) is 5.56 Å². The van der Waals surface area contributed by atoms with Gasteiger partial charge in [-0.15, -0.1) is 0 Å². The quantitative estimate of drug-likeness (QED) is 0.585. The topological polar surface area (TPSA) is 0 Å². The lowest BCUT2D eigenvalue weighted by molar-refractivity contribution is 0.231. The fraction of sp³-hybridized carbons (Fsp3) is 0.600. The maximum absolute atomic E-state index is 6.37. The van der Waals surface area contributed by atoms with Crippen LogP contribution < -0.4 is 0 Å². The Hall–Kier alpha value is -0.490. The second kappa shape index (κ2) is 3.50. The third-order valence-electron chi connectivity index (χ3n) is 4.81. The van der Waals surface area contributed by atoms with Crippen molar-refractivity contribution in [3.63, 3.8) is 0 Å². The van der Waals surface area contributed by atoms with Gasteiger partial charge in [0.05, 0.1) is 0 Å². The molecule has 0 aromatic heterocycles. The van der Waals surface area contributed by atoms with Crippen LogP contribution in [0.2, 0.25) is 5.02 Å². The van der Waals surface area contributed by atoms with Gasteiger partial charge < -0.3 is 0 Å². The van der Waals surface area contributed by atoms with Crippen molar-refractivity contribution in [1.82, 2.24) is 0 Å². The van der Waals surface area contributed by atoms with Gasteiger partial charge in [0.2, 0.25) is 0 Å². The number of hydrogen-bond acceptors (Lipinski definition) is 0. The summed E-state index contributed by atoms with van der Waals surface area (Å²) < 4.78 is 0. The highest BCUT2D eigenvalue weighted by atomic mass is 35.5. The van der Waals surface area contributed by atoms with Gasteiger partial charge in [0.15, 0.2) is 0 Å². The molecule has 3 rings (SSSR count). The molecule has 0 N–H and O–H groups in total. The van der Waals surface area contributed by atoms with E-state index in [-0.39, 0.29) is 0 Å². The molecule has 0 heterocycles. The summed E-state index contributed by atoms with van der Waals surface area (Å²) >= 11 is 6.37. The van der Waals surface area contributed by atoms with E-state index in [9.17, 15) is 0 Å². The molecular formula is C15H19Cl. The summed E-state index contributed by atoms with van der Waals surface area (Å²) in [5, 5.41) is 0.985. The molecule has 16 heavy (non-hydrogen) atoms. The molecule has 0 bridgehead atoms. The highest BCUT2D eigenvalue weighted by Gasteiger charge is 2.45. The summed E-state index contributed by atoms with van der Waals surface area (Å²) in [5.41, 5.74) is 3.52. The fourth-order valence-corrected chi connectivity index (χ4v) is 4.56. The minimum atomic E-state index is 0.539. The molecule has 0 saturated heterocycles. The maximum atomic E-state index is 6.37. The molecule has 3 atom stereocenters. The third-order valence-corrected chi connectivity index (χ3v) is 5.14. The Labute approximate surface area is 103 Å². The van der Waals surface area contributed by atoms with Crippen LogP contribution in [0, 0.1) is 5.41 Å². The summed E-state index contributed by atoms with van der Waals surface area (Å²) in [6, 6.07) is 6.48. The summed E-state index contributed by atoms with van der Waals surface area (Å²) in [5.74, 6) is 1.39. The van der Waals surface area contributed by atoms with Gasteiger partial charge in [0.1, 0.15) is 0 Å². The lowest BCUT2D eigenvalue weighted by Crippen LogP contribution is -2.28. The zero-order valence-electron chi connectivity index (χ0n) is 10.1. The maximum Gasteiger partial charge on any atom is 0.0443 e. The van der Waals surface area contributed by atoms with Gasteiger partial charge in [-0.3, -0.25) is 0 Å². The molecule has 0 aliphatic heterocycles. The van der Waals surface area contributed by atoms with Crippen LogP contribution in [0.4, 0.5) is 0 Å². The van der Waals surface area contributed by atoms with Crippen LogP contribution in [0.15, 0.2) is 18.2 Å². The van der Waals surface area contributed by atoms with Gasteiger partial charge in [-0.1, -0.05) is 44.0 Å². The van der Waals surface area contributed by atoms with Gasteiger partial charge in [0.25, 0.3) is 0 Å². The molecule has 0 radical (unpaired) electrons. The average molecular weight is 235 g/mol. The molecule has 0 unspecified atom stereocenters. The highest BCUT2D eigenvalue weighted by Crippen LogP contribution is 2.59. The summed E-state index contributed by atoms with van der Waals surface area (Å²) in [6.45, 7) is 4.81. The number of rotatable bonds is 0. The van der Waals surface area contributed by atoms with Gasteiger partial charge in [-0.2, -0.15) is 0 Å². The molecule has 0 amide bonds. The zero-order valence-corrected chi connectivity index (χ0v) is 10.8. The molecule has 2 aliphatic rings. The van der Waals surface area contributed by atoms with Crippen LogP contribution in [0.3, 0.4) is 0 Å². The van der Waals surface area contributed by atoms with Crippen LogP contribution in [-0.2, 0) is 0 Å². The van der Waals surface area contributed by atoms with Crippen LogP contribution in [0.5, 0.6) is 0 Å². The Morgan fingerprint density at radius 2 is 2.19 bits per heavy atom. The first-order chi connectivity index (χ1) is 7.62. The normalized spacial score (nSPS) is 36.9. The third kappa shape index (κ3) is 1.35. The molecule has 2 aliphatic carbocycles. The van der Waals surface area contributed by atoms with Crippen molar-refractivity contribution in [3.8, 4) is 0 Å². The van der Waals surface area contributed by atoms with E-state index in [0.717, 1.165) is 10.9 Å². The Morgan fingerprint density at radius 1 is 1.38 bits per heavy atom. The molecule has 1 saturated carbocycles. The van der Waals surface area contributed by atoms with Crippen molar-refractivity contribution in [3.05, 3.63) is 34.3 Å². The first-order valence-electron chi connectivity index (χ1n) is 6.40. The minimum Gasteiger partial charge on any atom is -0.0840 e. The SMILES string of the molecule is C[C@H]1C[C@@]2(C)CCC[C@H]2c2cccc(Cl)c21. The monoisotopic (exact) mass is 234 g/mol. The van der Waals surface area contributed by atoms with Gasteiger partial charge in [-0.05, 0) is 53.7 Å². The number of halogens is 1. The van der Waals surface area contributed by atoms with E-state index in [0.29, 0.717) is 11.3 Å². The predicted octanol–water partition coefficient (Wildman–Crippen LogP) is 5.12. The lowest BCUT2D eigenvalue weighted by Gasteiger charge is -2.41. The fourth-order valence-electron chi connectivity index (χ4n) is 4.19. The molecule has 1 fully saturated rings. The Morgan fingerprint density at radius 3 is 3.00 bits per heavy atom. The van der Waals surface area contributed by atoms with Gasteiger partial charge in [0, 0.05) is 5.02 Å². The van der Waals surface area contributed by atoms with Crippen molar-refractivity contribution >= 4 is 11.6 Å². The van der Waals surface area contributed by atoms with Crippen LogP contribution in [0.25, 0.3) is 0 Å². The number of hydrogen-bond donors (Lipinski definition) is 0. The highest BCUT2D eigenvalue weighted by molar-refractivity contribution is 6.31. The van der Waals surface area contributed by atoms with E-state index < -0.39 is 0 Å². The van der Waals surface area contributed by atoms with E-state index in [1.807, 2.05) is 0 Å². The Kier molecular flexibility index (Phi) is 2.33. The summed E-state index contributed by atoms with van der Waals surface area (Å²) in [6.07, 6.45) is 5.46. The predicted molar refractivity (Wildman–Crippen MR) is 69.2 cm³/mol. The standard InChI is InChI=1S/C15H19Cl/c1-10-9-15(2)8-4-6-12(15)11-5-3-7-13(16)14(10)11/h3,5,7,10,12H,4,6,8-9H2,1-2H3/t10-,12-,15+/m0/s1. The summed E-state index contributed by atoms with van der Waals surface area (Å²) in [7, 11) is 0. The van der Waals surface area contributed by atoms with Crippen molar-refractivity contribution in [2.45, 2.75) is 51.4 Å². The largest absolute Gasteiger partial charge is 0.0840 e. The van der Waals surface area contributed by atoms with Crippen LogP contribution in [0.1, 0.15) is 62.5 Å². The molecule has 1 aromatic carbocycles. The first-order valence-corrected chi connectivity index (χ1v) is 6.78. The average Bonchev–Trinajstić information content (AvgIpc) is 2.59.